The Morgan fingerprint density at radius 1 is 0.935 bits per heavy atom. The van der Waals surface area contributed by atoms with Crippen LogP contribution in [0.4, 0.5) is 26.3 Å². The number of carboxylic acids is 1. The van der Waals surface area contributed by atoms with Crippen molar-refractivity contribution in [3.05, 3.63) is 45.9 Å². The molecule has 0 saturated carbocycles. The Morgan fingerprint density at radius 3 is 2.03 bits per heavy atom. The molecule has 0 saturated heterocycles. The fourth-order valence-electron chi connectivity index (χ4n) is 2.31. The number of carbonyl (C=O) groups is 1. The Bertz CT molecular complexity index is 991. The van der Waals surface area contributed by atoms with Gasteiger partial charge >= 0.3 is 18.5 Å². The van der Waals surface area contributed by atoms with Gasteiger partial charge in [0, 0.05) is 11.4 Å². The topological polar surface area (TPSA) is 65.0 Å². The average Bonchev–Trinajstić information content (AvgIpc) is 2.54. The summed E-state index contributed by atoms with van der Waals surface area (Å²) in [6.07, 6.45) is -9.79. The maximum atomic E-state index is 13.0. The third kappa shape index (κ3) is 7.05. The Morgan fingerprint density at radius 2 is 1.55 bits per heavy atom. The maximum absolute atomic E-state index is 13.0. The zero-order chi connectivity index (χ0) is 23.8. The maximum Gasteiger partial charge on any atom is 0.573 e. The first kappa shape index (κ1) is 24.8. The lowest BCUT2D eigenvalue weighted by atomic mass is 9.52. The van der Waals surface area contributed by atoms with Gasteiger partial charge < -0.3 is 19.3 Å². The van der Waals surface area contributed by atoms with Crippen molar-refractivity contribution in [1.82, 2.24) is 0 Å². The van der Waals surface area contributed by atoms with Gasteiger partial charge in [0.2, 0.25) is 0 Å². The number of hydrogen-bond donors (Lipinski definition) is 1. The number of rotatable bonds is 6. The van der Waals surface area contributed by atoms with Gasteiger partial charge in [-0.05, 0) is 40.2 Å². The smallest absolute Gasteiger partial charge is 0.510 e. The number of benzene rings is 2. The molecule has 0 aromatic heterocycles. The minimum Gasteiger partial charge on any atom is -0.510 e. The van der Waals surface area contributed by atoms with E-state index in [0.29, 0.717) is 12.1 Å². The number of alkyl halides is 6. The molecular formula is C16H12B3BrF6O5. The van der Waals surface area contributed by atoms with E-state index >= 15 is 0 Å². The van der Waals surface area contributed by atoms with Crippen LogP contribution in [-0.2, 0) is 6.18 Å². The molecule has 31 heavy (non-hydrogen) atoms. The minimum absolute atomic E-state index is 0.243. The molecule has 164 valence electrons. The number of halogens is 7. The average molecular weight is 511 g/mol. The van der Waals surface area contributed by atoms with E-state index < -0.39 is 46.4 Å². The lowest BCUT2D eigenvalue weighted by Gasteiger charge is -2.25. The Labute approximate surface area is 183 Å². The summed E-state index contributed by atoms with van der Waals surface area (Å²) in [6.45, 7) is 0. The Kier molecular flexibility index (Phi) is 6.89. The second kappa shape index (κ2) is 8.60. The third-order valence-electron chi connectivity index (χ3n) is 3.38. The molecule has 0 fully saturated rings. The van der Waals surface area contributed by atoms with Crippen molar-refractivity contribution < 1.29 is 50.5 Å². The van der Waals surface area contributed by atoms with Crippen molar-refractivity contribution in [2.24, 2.45) is 0 Å². The Hall–Kier alpha value is -2.44. The molecule has 1 N–H and O–H groups in total. The first-order chi connectivity index (χ1) is 14.0. The molecule has 0 aliphatic heterocycles. The van der Waals surface area contributed by atoms with E-state index in [1.54, 1.807) is 23.5 Å². The molecule has 15 heteroatoms. The minimum atomic E-state index is -4.98. The van der Waals surface area contributed by atoms with E-state index in [4.69, 9.17) is 9.47 Å². The predicted molar refractivity (Wildman–Crippen MR) is 108 cm³/mol. The van der Waals surface area contributed by atoms with E-state index in [1.165, 1.54) is 0 Å². The quantitative estimate of drug-likeness (QED) is 0.478. The van der Waals surface area contributed by atoms with Crippen LogP contribution < -0.4 is 14.2 Å². The molecular weight excluding hydrogens is 498 g/mol. The second-order valence-corrected chi connectivity index (χ2v) is 7.96. The van der Waals surface area contributed by atoms with Crippen LogP contribution in [0.3, 0.4) is 0 Å². The summed E-state index contributed by atoms with van der Waals surface area (Å²) < 4.78 is 91.2. The number of aromatic carboxylic acids is 1. The fourth-order valence-corrected chi connectivity index (χ4v) is 2.85. The van der Waals surface area contributed by atoms with Crippen LogP contribution in [-0.4, -0.2) is 46.3 Å². The van der Waals surface area contributed by atoms with Gasteiger partial charge in [-0.15, -0.1) is 13.2 Å². The highest BCUT2D eigenvalue weighted by molar-refractivity contribution is 9.10. The lowest BCUT2D eigenvalue weighted by Crippen LogP contribution is -2.37. The standard InChI is InChI=1S/C16H12B3BrF6O5/c17-15(18,19)31-11-5-7(30-16(24,25)26)1-2-10(11)29-12-8(13(27)28)3-6(4-9(12)20)14(21,22)23/h1-5H,17-19H2,(H,27,28). The molecule has 0 aliphatic carbocycles. The number of ether oxygens (including phenoxy) is 3. The predicted octanol–water partition coefficient (Wildman–Crippen LogP) is 2.75. The molecule has 0 radical (unpaired) electrons. The molecule has 0 unspecified atom stereocenters. The van der Waals surface area contributed by atoms with E-state index in [0.717, 1.165) is 18.2 Å². The summed E-state index contributed by atoms with van der Waals surface area (Å²) >= 11 is 2.85. The largest absolute Gasteiger partial charge is 0.573 e. The summed E-state index contributed by atoms with van der Waals surface area (Å²) in [7, 11) is 4.76. The van der Waals surface area contributed by atoms with Gasteiger partial charge in [0.1, 0.15) is 34.9 Å². The highest BCUT2D eigenvalue weighted by Crippen LogP contribution is 2.43. The molecule has 0 heterocycles. The molecule has 2 aromatic carbocycles. The molecule has 2 aromatic rings. The van der Waals surface area contributed by atoms with E-state index in [-0.39, 0.29) is 16.0 Å². The lowest BCUT2D eigenvalue weighted by molar-refractivity contribution is -0.274. The summed E-state index contributed by atoms with van der Waals surface area (Å²) in [4.78, 5) is 11.5. The van der Waals surface area contributed by atoms with E-state index in [1.807, 2.05) is 0 Å². The highest BCUT2D eigenvalue weighted by atomic mass is 79.9. The van der Waals surface area contributed by atoms with Gasteiger partial charge in [-0.2, -0.15) is 13.2 Å². The Balaban J connectivity index is 2.57. The molecule has 5 nitrogen and oxygen atoms in total. The molecule has 0 spiro atoms. The molecule has 0 bridgehead atoms. The first-order valence-electron chi connectivity index (χ1n) is 8.37. The van der Waals surface area contributed by atoms with Gasteiger partial charge in [0.25, 0.3) is 0 Å². The zero-order valence-electron chi connectivity index (χ0n) is 16.1. The van der Waals surface area contributed by atoms with E-state index in [9.17, 15) is 36.2 Å². The van der Waals surface area contributed by atoms with Crippen LogP contribution in [0.5, 0.6) is 23.0 Å². The summed E-state index contributed by atoms with van der Waals surface area (Å²) in [5.41, 5.74) is -2.05. The second-order valence-electron chi connectivity index (χ2n) is 7.11. The number of carboxylic acid groups (broad SMARTS) is 1. The van der Waals surface area contributed by atoms with Gasteiger partial charge in [-0.3, -0.25) is 0 Å². The molecule has 2 rings (SSSR count). The monoisotopic (exact) mass is 510 g/mol. The van der Waals surface area contributed by atoms with Crippen molar-refractivity contribution in [3.63, 3.8) is 0 Å². The van der Waals surface area contributed by atoms with Crippen molar-refractivity contribution >= 4 is 45.4 Å². The van der Waals surface area contributed by atoms with Crippen molar-refractivity contribution in [3.8, 4) is 23.0 Å². The fraction of sp³-hybridized carbons (Fsp3) is 0.188. The van der Waals surface area contributed by atoms with Crippen molar-refractivity contribution in [2.45, 2.75) is 17.8 Å². The van der Waals surface area contributed by atoms with Crippen LogP contribution in [0.25, 0.3) is 0 Å². The molecule has 0 atom stereocenters. The summed E-state index contributed by atoms with van der Waals surface area (Å²) in [6, 6.07) is 3.77. The molecule has 0 amide bonds. The molecule has 0 aliphatic rings. The third-order valence-corrected chi connectivity index (χ3v) is 3.97. The zero-order valence-corrected chi connectivity index (χ0v) is 17.7. The van der Waals surface area contributed by atoms with Crippen LogP contribution in [0, 0.1) is 0 Å². The van der Waals surface area contributed by atoms with Gasteiger partial charge in [0.15, 0.2) is 17.2 Å². The van der Waals surface area contributed by atoms with Crippen LogP contribution >= 0.6 is 15.9 Å². The number of hydrogen-bond acceptors (Lipinski definition) is 4. The summed E-state index contributed by atoms with van der Waals surface area (Å²) in [5.74, 6) is -3.34. The van der Waals surface area contributed by atoms with Gasteiger partial charge in [-0.25, -0.2) is 4.79 Å². The van der Waals surface area contributed by atoms with Gasteiger partial charge in [-0.1, -0.05) is 0 Å². The van der Waals surface area contributed by atoms with Crippen LogP contribution in [0.2, 0.25) is 0 Å². The normalized spacial score (nSPS) is 12.4. The van der Waals surface area contributed by atoms with Gasteiger partial charge in [0.05, 0.1) is 10.0 Å². The first-order valence-corrected chi connectivity index (χ1v) is 9.16. The highest BCUT2D eigenvalue weighted by Gasteiger charge is 2.34. The van der Waals surface area contributed by atoms with Crippen molar-refractivity contribution in [1.29, 1.82) is 0 Å². The van der Waals surface area contributed by atoms with Crippen molar-refractivity contribution in [2.75, 3.05) is 0 Å². The van der Waals surface area contributed by atoms with E-state index in [2.05, 4.69) is 20.7 Å². The summed E-state index contributed by atoms with van der Waals surface area (Å²) in [5, 5.41) is 8.43. The SMILES string of the molecule is BC(B)(B)Oc1cc(OC(F)(F)F)ccc1Oc1c(Br)cc(C(F)(F)F)cc1C(=O)O. The van der Waals surface area contributed by atoms with Crippen LogP contribution in [0.1, 0.15) is 15.9 Å². The van der Waals surface area contributed by atoms with Crippen LogP contribution in [0.15, 0.2) is 34.8 Å².